The first-order valence-electron chi connectivity index (χ1n) is 4.46. The molecule has 0 aliphatic heterocycles. The fourth-order valence-electron chi connectivity index (χ4n) is 1.18. The number of nitrogens with zero attached hydrogens (tertiary/aromatic N) is 1. The molecule has 0 saturated heterocycles. The summed E-state index contributed by atoms with van der Waals surface area (Å²) in [5, 5.41) is 9.03. The van der Waals surface area contributed by atoms with Crippen LogP contribution in [0.1, 0.15) is 6.92 Å². The number of hydrogen-bond acceptors (Lipinski definition) is 3. The normalized spacial score (nSPS) is 15.0. The Bertz CT molecular complexity index is 576. The van der Waals surface area contributed by atoms with Gasteiger partial charge in [-0.15, -0.1) is 11.6 Å². The third kappa shape index (κ3) is 3.75. The molecule has 17 heavy (non-hydrogen) atoms. The van der Waals surface area contributed by atoms with Crippen molar-refractivity contribution in [3.8, 4) is 6.07 Å². The van der Waals surface area contributed by atoms with Gasteiger partial charge in [0.05, 0.1) is 21.7 Å². The minimum absolute atomic E-state index is 0.0554. The van der Waals surface area contributed by atoms with Crippen molar-refractivity contribution >= 4 is 44.6 Å². The Kier molecular flexibility index (Phi) is 4.32. The van der Waals surface area contributed by atoms with Crippen molar-refractivity contribution in [1.82, 2.24) is 0 Å². The zero-order chi connectivity index (χ0) is 13.3. The van der Waals surface area contributed by atoms with Crippen molar-refractivity contribution in [2.45, 2.75) is 16.7 Å². The van der Waals surface area contributed by atoms with Crippen molar-refractivity contribution in [3.63, 3.8) is 0 Å². The van der Waals surface area contributed by atoms with Crippen molar-refractivity contribution in [1.29, 1.82) is 5.26 Å². The average Bonchev–Trinajstić information content (AvgIpc) is 2.20. The minimum atomic E-state index is -3.75. The van der Waals surface area contributed by atoms with Gasteiger partial charge in [0.25, 0.3) is 0 Å². The van der Waals surface area contributed by atoms with Crippen molar-refractivity contribution in [3.05, 3.63) is 28.2 Å². The highest BCUT2D eigenvalue weighted by Gasteiger charge is 2.31. The number of rotatable bonds is 3. The van der Waals surface area contributed by atoms with Crippen LogP contribution in [0.4, 0.5) is 0 Å². The van der Waals surface area contributed by atoms with Crippen LogP contribution in [0.25, 0.3) is 0 Å². The summed E-state index contributed by atoms with van der Waals surface area (Å²) in [4.78, 5) is -1.61. The van der Waals surface area contributed by atoms with Gasteiger partial charge in [0.1, 0.15) is 4.87 Å². The van der Waals surface area contributed by atoms with E-state index in [2.05, 4.69) is 0 Å². The molecule has 0 bridgehead atoms. The first-order chi connectivity index (χ1) is 7.68. The molecule has 0 amide bonds. The zero-order valence-electron chi connectivity index (χ0n) is 8.75. The fraction of sp³-hybridized carbons (Fsp3) is 0.300. The third-order valence-corrected chi connectivity index (χ3v) is 4.94. The van der Waals surface area contributed by atoms with E-state index in [4.69, 9.17) is 40.1 Å². The highest BCUT2D eigenvalue weighted by atomic mass is 35.5. The molecule has 0 aliphatic carbocycles. The van der Waals surface area contributed by atoms with E-state index in [9.17, 15) is 8.42 Å². The molecule has 0 saturated carbocycles. The second kappa shape index (κ2) is 5.03. The Morgan fingerprint density at radius 3 is 2.53 bits per heavy atom. The smallest absolute Gasteiger partial charge is 0.182 e. The van der Waals surface area contributed by atoms with Gasteiger partial charge in [-0.1, -0.05) is 23.2 Å². The van der Waals surface area contributed by atoms with Gasteiger partial charge in [-0.05, 0) is 25.1 Å². The van der Waals surface area contributed by atoms with Crippen LogP contribution in [0.5, 0.6) is 0 Å². The Balaban J connectivity index is 3.24. The second-order valence-corrected chi connectivity index (χ2v) is 7.28. The predicted molar refractivity (Wildman–Crippen MR) is 68.4 cm³/mol. The molecule has 1 unspecified atom stereocenters. The van der Waals surface area contributed by atoms with Crippen molar-refractivity contribution < 1.29 is 8.42 Å². The van der Waals surface area contributed by atoms with E-state index < -0.39 is 20.5 Å². The fourth-order valence-corrected chi connectivity index (χ4v) is 3.93. The summed E-state index contributed by atoms with van der Waals surface area (Å²) in [6.45, 7) is 1.32. The van der Waals surface area contributed by atoms with E-state index in [0.29, 0.717) is 0 Å². The summed E-state index contributed by atoms with van der Waals surface area (Å²) in [7, 11) is -3.75. The number of nitriles is 1. The number of sulfone groups is 1. The van der Waals surface area contributed by atoms with Crippen LogP contribution in [0.2, 0.25) is 10.0 Å². The largest absolute Gasteiger partial charge is 0.224 e. The Morgan fingerprint density at radius 2 is 2.00 bits per heavy atom. The molecule has 0 radical (unpaired) electrons. The van der Waals surface area contributed by atoms with Gasteiger partial charge < -0.3 is 0 Å². The molecule has 1 aromatic rings. The maximum Gasteiger partial charge on any atom is 0.182 e. The summed E-state index contributed by atoms with van der Waals surface area (Å²) in [6.07, 6.45) is 0. The quantitative estimate of drug-likeness (QED) is 0.805. The van der Waals surface area contributed by atoms with Crippen LogP contribution < -0.4 is 0 Å². The molecular formula is C10H8Cl3NO2S. The van der Waals surface area contributed by atoms with E-state index in [-0.39, 0.29) is 14.9 Å². The molecule has 1 aromatic carbocycles. The van der Waals surface area contributed by atoms with Crippen LogP contribution in [0.3, 0.4) is 0 Å². The van der Waals surface area contributed by atoms with Crippen LogP contribution in [0.15, 0.2) is 23.1 Å². The molecule has 0 spiro atoms. The van der Waals surface area contributed by atoms with E-state index >= 15 is 0 Å². The molecule has 0 aliphatic rings. The van der Waals surface area contributed by atoms with Crippen LogP contribution in [0, 0.1) is 11.3 Å². The topological polar surface area (TPSA) is 57.9 Å². The number of halogens is 3. The highest BCUT2D eigenvalue weighted by molar-refractivity contribution is 7.91. The molecule has 1 rings (SSSR count). The Labute approximate surface area is 115 Å². The Hall–Kier alpha value is -0.470. The average molecular weight is 313 g/mol. The van der Waals surface area contributed by atoms with Gasteiger partial charge >= 0.3 is 0 Å². The lowest BCUT2D eigenvalue weighted by Gasteiger charge is -2.13. The van der Waals surface area contributed by atoms with Crippen molar-refractivity contribution in [2.24, 2.45) is 0 Å². The molecule has 0 aromatic heterocycles. The first kappa shape index (κ1) is 14.6. The standard InChI is InChI=1S/C10H8Cl3NO2S/c1-10(13,5-14)6-17(15,16)9-4-7(11)2-3-8(9)12/h2-4H,6H2,1H3. The second-order valence-electron chi connectivity index (χ2n) is 3.64. The Morgan fingerprint density at radius 1 is 1.41 bits per heavy atom. The number of alkyl halides is 1. The van der Waals surface area contributed by atoms with Crippen LogP contribution >= 0.6 is 34.8 Å². The van der Waals surface area contributed by atoms with Gasteiger partial charge in [0.15, 0.2) is 9.84 Å². The molecular weight excluding hydrogens is 305 g/mol. The maximum absolute atomic E-state index is 12.0. The maximum atomic E-state index is 12.0. The summed E-state index contributed by atoms with van der Waals surface area (Å²) in [5.74, 6) is -0.530. The summed E-state index contributed by atoms with van der Waals surface area (Å²) in [5.41, 5.74) is 0. The minimum Gasteiger partial charge on any atom is -0.224 e. The van der Waals surface area contributed by atoms with Gasteiger partial charge in [-0.25, -0.2) is 8.42 Å². The summed E-state index contributed by atoms with van der Waals surface area (Å²) >= 11 is 17.2. The van der Waals surface area contributed by atoms with Gasteiger partial charge in [-0.3, -0.25) is 0 Å². The first-order valence-corrected chi connectivity index (χ1v) is 7.24. The molecule has 0 N–H and O–H groups in total. The van der Waals surface area contributed by atoms with E-state index in [1.165, 1.54) is 25.1 Å². The van der Waals surface area contributed by atoms with E-state index in [0.717, 1.165) is 0 Å². The van der Waals surface area contributed by atoms with Crippen LogP contribution in [-0.2, 0) is 9.84 Å². The molecule has 92 valence electrons. The lowest BCUT2D eigenvalue weighted by molar-refractivity contribution is 0.591. The number of benzene rings is 1. The van der Waals surface area contributed by atoms with Gasteiger partial charge in [-0.2, -0.15) is 5.26 Å². The van der Waals surface area contributed by atoms with Crippen molar-refractivity contribution in [2.75, 3.05) is 5.75 Å². The lowest BCUT2D eigenvalue weighted by Crippen LogP contribution is -2.26. The van der Waals surface area contributed by atoms with E-state index in [1.54, 1.807) is 6.07 Å². The van der Waals surface area contributed by atoms with Gasteiger partial charge in [0.2, 0.25) is 0 Å². The van der Waals surface area contributed by atoms with Crippen LogP contribution in [-0.4, -0.2) is 19.0 Å². The van der Waals surface area contributed by atoms with Gasteiger partial charge in [0, 0.05) is 5.02 Å². The molecule has 1 atom stereocenters. The molecule has 3 nitrogen and oxygen atoms in total. The molecule has 0 heterocycles. The predicted octanol–water partition coefficient (Wildman–Crippen LogP) is 3.29. The summed E-state index contributed by atoms with van der Waals surface area (Å²) in [6, 6.07) is 5.81. The molecule has 7 heteroatoms. The molecule has 0 fully saturated rings. The lowest BCUT2D eigenvalue weighted by atomic mass is 10.2. The highest BCUT2D eigenvalue weighted by Crippen LogP contribution is 2.28. The monoisotopic (exact) mass is 311 g/mol. The number of hydrogen-bond donors (Lipinski definition) is 0. The summed E-state index contributed by atoms with van der Waals surface area (Å²) < 4.78 is 24.0. The van der Waals surface area contributed by atoms with E-state index in [1.807, 2.05) is 0 Å². The third-order valence-electron chi connectivity index (χ3n) is 1.92. The SMILES string of the molecule is CC(Cl)(C#N)CS(=O)(=O)c1cc(Cl)ccc1Cl. The zero-order valence-corrected chi connectivity index (χ0v) is 11.8.